The van der Waals surface area contributed by atoms with Crippen LogP contribution < -0.4 is 22.5 Å². The van der Waals surface area contributed by atoms with E-state index in [2.05, 4.69) is 45.9 Å². The molecule has 17 heteroatoms. The smallest absolute Gasteiger partial charge is 0.326 e. The number of nitrogens with one attached hydrogen (secondary N) is 2. The van der Waals surface area contributed by atoms with Crippen LogP contribution in [0.2, 0.25) is 0 Å². The van der Waals surface area contributed by atoms with Crippen LogP contribution in [0.3, 0.4) is 0 Å². The highest BCUT2D eigenvalue weighted by Gasteiger charge is 2.22. The molecular formula is C30H29N13O4. The number of carbonyl (C=O) groups excluding carboxylic acids is 2. The number of tetrazole rings is 1. The third-order valence-corrected chi connectivity index (χ3v) is 7.55. The first-order valence-corrected chi connectivity index (χ1v) is 14.5. The van der Waals surface area contributed by atoms with Gasteiger partial charge in [-0.1, -0.05) is 6.42 Å². The fraction of sp³-hybridized carbons (Fsp3) is 0.200. The summed E-state index contributed by atoms with van der Waals surface area (Å²) in [6, 6.07) is 10.6. The van der Waals surface area contributed by atoms with Crippen LogP contribution in [0.5, 0.6) is 0 Å². The molecule has 0 unspecified atom stereocenters. The Morgan fingerprint density at radius 1 is 1.00 bits per heavy atom. The van der Waals surface area contributed by atoms with E-state index in [1.54, 1.807) is 42.6 Å². The minimum absolute atomic E-state index is 0.0156. The highest BCUT2D eigenvalue weighted by molar-refractivity contribution is 6.02. The Kier molecular flexibility index (Phi) is 8.33. The van der Waals surface area contributed by atoms with Gasteiger partial charge in [0.1, 0.15) is 6.04 Å². The Labute approximate surface area is 265 Å². The number of carboxylic acid groups (broad SMARTS) is 1. The average Bonchev–Trinajstić information content (AvgIpc) is 3.73. The summed E-state index contributed by atoms with van der Waals surface area (Å²) in [4.78, 5) is 54.8. The van der Waals surface area contributed by atoms with Gasteiger partial charge in [0.15, 0.2) is 22.8 Å². The van der Waals surface area contributed by atoms with E-state index < -0.39 is 17.9 Å². The van der Waals surface area contributed by atoms with E-state index in [-0.39, 0.29) is 36.2 Å². The fourth-order valence-corrected chi connectivity index (χ4v) is 5.25. The standard InChI is InChI=1S/C30H29N13O4/c31-17-6-7-19(20(12-17)26-39-41-42-40-26)23(44)4-2-1-3-21(29(46)47)36-28(45)16-5-8-22-15(11-16)9-10-43(22)14-18-13-34-27-24(35-18)25(32)37-30(33)38-27/h5-13,21H,1-4,14,31H2,(H,36,45)(H,46,47)(H,39,40,41,42)(H4,32,33,34,37,38)/t21-/m0/s1. The first-order chi connectivity index (χ1) is 22.7. The predicted molar refractivity (Wildman–Crippen MR) is 171 cm³/mol. The minimum Gasteiger partial charge on any atom is -0.480 e. The molecule has 0 radical (unpaired) electrons. The lowest BCUT2D eigenvalue weighted by molar-refractivity contribution is -0.139. The SMILES string of the molecule is Nc1ccc(C(=O)CCCC[C@H](NC(=O)c2ccc3c(ccn3Cc3cnc4nc(N)nc(N)c4n3)c2)C(=O)O)c(-c2nn[nH]n2)c1. The Bertz CT molecular complexity index is 2130. The van der Waals surface area contributed by atoms with Crippen LogP contribution in [0.1, 0.15) is 52.1 Å². The van der Waals surface area contributed by atoms with Gasteiger partial charge in [0.2, 0.25) is 11.8 Å². The number of carboxylic acids is 1. The lowest BCUT2D eigenvalue weighted by Crippen LogP contribution is -2.40. The van der Waals surface area contributed by atoms with Crippen molar-refractivity contribution >= 4 is 57.2 Å². The lowest BCUT2D eigenvalue weighted by Gasteiger charge is -2.15. The van der Waals surface area contributed by atoms with E-state index in [1.807, 2.05) is 16.8 Å². The van der Waals surface area contributed by atoms with Crippen LogP contribution in [0, 0.1) is 0 Å². The molecule has 0 bridgehead atoms. The van der Waals surface area contributed by atoms with Crippen LogP contribution in [-0.4, -0.2) is 73.9 Å². The van der Waals surface area contributed by atoms with Gasteiger partial charge in [-0.15, -0.1) is 10.2 Å². The first-order valence-electron chi connectivity index (χ1n) is 14.5. The summed E-state index contributed by atoms with van der Waals surface area (Å²) in [6.07, 6.45) is 4.52. The molecule has 1 amide bonds. The molecule has 0 aliphatic rings. The zero-order valence-electron chi connectivity index (χ0n) is 24.8. The normalized spacial score (nSPS) is 11.9. The Morgan fingerprint density at radius 3 is 2.64 bits per heavy atom. The van der Waals surface area contributed by atoms with Gasteiger partial charge in [-0.2, -0.15) is 15.2 Å². The van der Waals surface area contributed by atoms with E-state index in [0.29, 0.717) is 58.6 Å². The van der Waals surface area contributed by atoms with Crippen molar-refractivity contribution in [3.8, 4) is 11.4 Å². The summed E-state index contributed by atoms with van der Waals surface area (Å²) in [6.45, 7) is 0.363. The van der Waals surface area contributed by atoms with Gasteiger partial charge in [0, 0.05) is 45.9 Å². The molecular weight excluding hydrogens is 606 g/mol. The number of hydrogen-bond acceptors (Lipinski definition) is 13. The van der Waals surface area contributed by atoms with Crippen molar-refractivity contribution in [2.75, 3.05) is 17.2 Å². The minimum atomic E-state index is -1.17. The molecule has 238 valence electrons. The quantitative estimate of drug-likeness (QED) is 0.0637. The van der Waals surface area contributed by atoms with Crippen molar-refractivity contribution in [3.05, 3.63) is 71.7 Å². The number of unbranched alkanes of at least 4 members (excludes halogenated alkanes) is 1. The summed E-state index contributed by atoms with van der Waals surface area (Å²) < 4.78 is 1.93. The van der Waals surface area contributed by atoms with Crippen molar-refractivity contribution in [1.29, 1.82) is 0 Å². The highest BCUT2D eigenvalue weighted by Crippen LogP contribution is 2.25. The fourth-order valence-electron chi connectivity index (χ4n) is 5.25. The van der Waals surface area contributed by atoms with Crippen LogP contribution in [0.15, 0.2) is 54.9 Å². The summed E-state index contributed by atoms with van der Waals surface area (Å²) >= 11 is 0. The number of Topliss-reactive ketones (excluding diaryl/α,β-unsaturated/α-hetero) is 1. The second-order valence-electron chi connectivity index (χ2n) is 10.8. The largest absolute Gasteiger partial charge is 0.480 e. The maximum absolute atomic E-state index is 13.1. The van der Waals surface area contributed by atoms with E-state index in [9.17, 15) is 19.5 Å². The Hall–Kier alpha value is -6.52. The molecule has 17 nitrogen and oxygen atoms in total. The zero-order chi connectivity index (χ0) is 33.1. The summed E-state index contributed by atoms with van der Waals surface area (Å²) in [5.74, 6) is -1.46. The molecule has 47 heavy (non-hydrogen) atoms. The predicted octanol–water partition coefficient (Wildman–Crippen LogP) is 1.98. The zero-order valence-corrected chi connectivity index (χ0v) is 24.8. The monoisotopic (exact) mass is 635 g/mol. The van der Waals surface area contributed by atoms with E-state index >= 15 is 0 Å². The molecule has 0 spiro atoms. The molecule has 2 aromatic carbocycles. The van der Waals surface area contributed by atoms with Crippen molar-refractivity contribution in [1.82, 2.24) is 50.4 Å². The molecule has 6 aromatic rings. The van der Waals surface area contributed by atoms with Gasteiger partial charge in [-0.05, 0) is 60.5 Å². The van der Waals surface area contributed by atoms with Gasteiger partial charge in [0.25, 0.3) is 5.91 Å². The second kappa shape index (κ2) is 12.8. The second-order valence-corrected chi connectivity index (χ2v) is 10.8. The number of rotatable bonds is 12. The third-order valence-electron chi connectivity index (χ3n) is 7.55. The molecule has 0 aliphatic heterocycles. The third kappa shape index (κ3) is 6.63. The van der Waals surface area contributed by atoms with E-state index in [1.165, 1.54) is 0 Å². The van der Waals surface area contributed by atoms with Gasteiger partial charge in [-0.25, -0.2) is 14.8 Å². The molecule has 4 heterocycles. The van der Waals surface area contributed by atoms with Crippen LogP contribution in [-0.2, 0) is 11.3 Å². The van der Waals surface area contributed by atoms with Gasteiger partial charge in [0.05, 0.1) is 18.4 Å². The summed E-state index contributed by atoms with van der Waals surface area (Å²) in [5, 5.41) is 26.9. The number of aromatic amines is 1. The number of H-pyrrole nitrogens is 1. The average molecular weight is 636 g/mol. The van der Waals surface area contributed by atoms with E-state index in [0.717, 1.165) is 10.9 Å². The maximum Gasteiger partial charge on any atom is 0.326 e. The molecule has 9 N–H and O–H groups in total. The van der Waals surface area contributed by atoms with Crippen molar-refractivity contribution < 1.29 is 19.5 Å². The van der Waals surface area contributed by atoms with E-state index in [4.69, 9.17) is 17.2 Å². The van der Waals surface area contributed by atoms with Crippen molar-refractivity contribution in [3.63, 3.8) is 0 Å². The molecule has 1 atom stereocenters. The number of benzene rings is 2. The van der Waals surface area contributed by atoms with Gasteiger partial charge < -0.3 is 32.2 Å². The number of anilines is 3. The van der Waals surface area contributed by atoms with Crippen molar-refractivity contribution in [2.45, 2.75) is 38.3 Å². The summed E-state index contributed by atoms with van der Waals surface area (Å²) in [7, 11) is 0. The number of fused-ring (bicyclic) bond motifs is 2. The number of nitrogens with zero attached hydrogens (tertiary/aromatic N) is 8. The number of hydrogen-bond donors (Lipinski definition) is 6. The van der Waals surface area contributed by atoms with Crippen LogP contribution >= 0.6 is 0 Å². The van der Waals surface area contributed by atoms with Crippen LogP contribution in [0.4, 0.5) is 17.5 Å². The highest BCUT2D eigenvalue weighted by atomic mass is 16.4. The molecule has 6 rings (SSSR count). The number of carbonyl (C=O) groups is 3. The number of amides is 1. The molecule has 0 saturated carbocycles. The Balaban J connectivity index is 1.06. The molecule has 0 fully saturated rings. The number of aliphatic carboxylic acids is 1. The lowest BCUT2D eigenvalue weighted by atomic mass is 9.97. The Morgan fingerprint density at radius 2 is 1.85 bits per heavy atom. The van der Waals surface area contributed by atoms with Gasteiger partial charge in [-0.3, -0.25) is 9.59 Å². The number of ketones is 1. The molecule has 4 aromatic heterocycles. The van der Waals surface area contributed by atoms with Gasteiger partial charge >= 0.3 is 5.97 Å². The maximum atomic E-state index is 13.1. The first kappa shape index (κ1) is 30.5. The van der Waals surface area contributed by atoms with Crippen LogP contribution in [0.25, 0.3) is 33.5 Å². The van der Waals surface area contributed by atoms with Crippen molar-refractivity contribution in [2.24, 2.45) is 0 Å². The topological polar surface area (TPSA) is 272 Å². The summed E-state index contributed by atoms with van der Waals surface area (Å²) in [5.41, 5.74) is 21.1. The number of nitrogens with two attached hydrogens (primary N) is 3. The number of nitrogen functional groups attached to an aromatic ring is 3. The molecule has 0 saturated heterocycles. The molecule has 0 aliphatic carbocycles. The number of aromatic nitrogens is 9.